The zero-order valence-corrected chi connectivity index (χ0v) is 27.1. The average molecular weight is 669 g/mol. The number of piperidine rings is 1. The highest BCUT2D eigenvalue weighted by atomic mass is 35.5. The molecule has 47 heavy (non-hydrogen) atoms. The van der Waals surface area contributed by atoms with Crippen molar-refractivity contribution in [3.8, 4) is 0 Å². The number of likely N-dealkylation sites (tertiary alicyclic amines) is 1. The lowest BCUT2D eigenvalue weighted by Crippen LogP contribution is -2.56. The lowest BCUT2D eigenvalue weighted by atomic mass is 9.92. The number of aryl methyl sites for hydroxylation is 1. The molecule has 0 unspecified atom stereocenters. The van der Waals surface area contributed by atoms with Crippen LogP contribution in [0, 0.1) is 6.92 Å². The fourth-order valence-corrected chi connectivity index (χ4v) is 5.86. The largest absolute Gasteiger partial charge is 0.465 e. The van der Waals surface area contributed by atoms with E-state index in [1.165, 1.54) is 4.90 Å². The van der Waals surface area contributed by atoms with E-state index < -0.39 is 42.4 Å². The summed E-state index contributed by atoms with van der Waals surface area (Å²) in [7, 11) is 0. The van der Waals surface area contributed by atoms with E-state index in [-0.39, 0.29) is 50.6 Å². The summed E-state index contributed by atoms with van der Waals surface area (Å²) in [5.41, 5.74) is 2.99. The predicted octanol–water partition coefficient (Wildman–Crippen LogP) is 2.59. The lowest BCUT2D eigenvalue weighted by Gasteiger charge is -2.37. The van der Waals surface area contributed by atoms with E-state index in [1.54, 1.807) is 30.0 Å². The number of nitrogens with one attached hydrogen (secondary N) is 4. The van der Waals surface area contributed by atoms with Gasteiger partial charge in [-0.2, -0.15) is 0 Å². The molecule has 1 fully saturated rings. The highest BCUT2D eigenvalue weighted by molar-refractivity contribution is 6.31. The molecule has 0 spiro atoms. The van der Waals surface area contributed by atoms with Gasteiger partial charge in [-0.3, -0.25) is 24.0 Å². The normalized spacial score (nSPS) is 16.3. The maximum atomic E-state index is 13.9. The molecule has 2 aromatic carbocycles. The van der Waals surface area contributed by atoms with Crippen molar-refractivity contribution in [1.29, 1.82) is 0 Å². The van der Waals surface area contributed by atoms with Crippen LogP contribution in [0.3, 0.4) is 0 Å². The summed E-state index contributed by atoms with van der Waals surface area (Å²) in [4.78, 5) is 79.8. The van der Waals surface area contributed by atoms with Crippen molar-refractivity contribution in [2.24, 2.45) is 0 Å². The van der Waals surface area contributed by atoms with E-state index in [2.05, 4.69) is 16.0 Å². The molecule has 252 valence electrons. The van der Waals surface area contributed by atoms with Crippen molar-refractivity contribution < 1.29 is 33.9 Å². The van der Waals surface area contributed by atoms with E-state index in [0.29, 0.717) is 23.8 Å². The minimum Gasteiger partial charge on any atom is -0.465 e. The van der Waals surface area contributed by atoms with E-state index in [0.717, 1.165) is 36.0 Å². The molecule has 0 radical (unpaired) electrons. The molecule has 2 atom stereocenters. The molecule has 2 aliphatic heterocycles. The Hall–Kier alpha value is -4.65. The number of anilines is 1. The van der Waals surface area contributed by atoms with Crippen LogP contribution >= 0.6 is 11.6 Å². The topological polar surface area (TPSA) is 177 Å². The second kappa shape index (κ2) is 16.8. The molecule has 0 saturated carbocycles. The van der Waals surface area contributed by atoms with Gasteiger partial charge in [0.1, 0.15) is 12.1 Å². The number of amides is 6. The molecule has 0 aromatic heterocycles. The number of carbonyl (C=O) groups excluding carboxylic acids is 5. The number of halogens is 1. The average Bonchev–Trinajstić information content (AvgIpc) is 3.06. The van der Waals surface area contributed by atoms with Gasteiger partial charge in [-0.1, -0.05) is 35.9 Å². The Bertz CT molecular complexity index is 1500. The standard InChI is InChI=1S/C33H41ClN6O7/c1-21-17-24(9-10-25(21)34)37-31(44)26(13-14-35-28(41)19-36-33(46)47)38-32(45)27-18-22-7-3-4-8-23(22)20-40(27)30(43)12-11-29(42)39-15-5-2-6-16-39/h3-4,7-10,17,26-27,36H,2,5-6,11-16,18-20H2,1H3,(H,35,41)(H,37,44)(H,38,45)(H,46,47)/t26-,27-/m0/s1. The number of hydrogen-bond donors (Lipinski definition) is 5. The molecule has 2 heterocycles. The fourth-order valence-electron chi connectivity index (χ4n) is 5.74. The van der Waals surface area contributed by atoms with Crippen LogP contribution in [-0.2, 0) is 36.9 Å². The van der Waals surface area contributed by atoms with Crippen LogP contribution in [0.15, 0.2) is 42.5 Å². The van der Waals surface area contributed by atoms with Gasteiger partial charge in [0.05, 0.1) is 6.54 Å². The molecule has 13 nitrogen and oxygen atoms in total. The van der Waals surface area contributed by atoms with Crippen LogP contribution in [0.5, 0.6) is 0 Å². The highest BCUT2D eigenvalue weighted by Crippen LogP contribution is 2.25. The van der Waals surface area contributed by atoms with Crippen molar-refractivity contribution >= 4 is 52.9 Å². The zero-order valence-electron chi connectivity index (χ0n) is 26.4. The first kappa shape index (κ1) is 35.2. The van der Waals surface area contributed by atoms with Gasteiger partial charge in [0.15, 0.2) is 0 Å². The fraction of sp³-hybridized carbons (Fsp3) is 0.455. The van der Waals surface area contributed by atoms with Gasteiger partial charge in [-0.25, -0.2) is 4.79 Å². The van der Waals surface area contributed by atoms with Crippen LogP contribution in [0.1, 0.15) is 55.2 Å². The van der Waals surface area contributed by atoms with Crippen molar-refractivity contribution in [3.63, 3.8) is 0 Å². The summed E-state index contributed by atoms with van der Waals surface area (Å²) in [5, 5.41) is 19.3. The smallest absolute Gasteiger partial charge is 0.405 e. The summed E-state index contributed by atoms with van der Waals surface area (Å²) in [5.74, 6) is -2.13. The van der Waals surface area contributed by atoms with Crippen LogP contribution in [0.4, 0.5) is 10.5 Å². The number of benzene rings is 2. The molecule has 6 amide bonds. The SMILES string of the molecule is Cc1cc(NC(=O)[C@H](CCNC(=O)CNC(=O)O)NC(=O)[C@@H]2Cc3ccccc3CN2C(=O)CCC(=O)N2CCCCC2)ccc1Cl. The van der Waals surface area contributed by atoms with Gasteiger partial charge in [-0.15, -0.1) is 0 Å². The number of hydrogen-bond acceptors (Lipinski definition) is 6. The summed E-state index contributed by atoms with van der Waals surface area (Å²) in [6.45, 7) is 2.81. The molecule has 4 rings (SSSR count). The summed E-state index contributed by atoms with van der Waals surface area (Å²) in [6, 6.07) is 10.4. The van der Waals surface area contributed by atoms with Crippen LogP contribution in [0.25, 0.3) is 0 Å². The van der Waals surface area contributed by atoms with Crippen molar-refractivity contribution in [1.82, 2.24) is 25.8 Å². The van der Waals surface area contributed by atoms with Crippen molar-refractivity contribution in [2.75, 3.05) is 31.5 Å². The Morgan fingerprint density at radius 1 is 0.936 bits per heavy atom. The molecule has 14 heteroatoms. The maximum Gasteiger partial charge on any atom is 0.405 e. The van der Waals surface area contributed by atoms with E-state index in [9.17, 15) is 28.8 Å². The minimum absolute atomic E-state index is 0.0233. The highest BCUT2D eigenvalue weighted by Gasteiger charge is 2.36. The van der Waals surface area contributed by atoms with Gasteiger partial charge < -0.3 is 36.2 Å². The molecular weight excluding hydrogens is 628 g/mol. The second-order valence-electron chi connectivity index (χ2n) is 11.8. The first-order valence-corrected chi connectivity index (χ1v) is 16.1. The Morgan fingerprint density at radius 3 is 2.34 bits per heavy atom. The Labute approximate surface area is 278 Å². The van der Waals surface area contributed by atoms with E-state index in [4.69, 9.17) is 16.7 Å². The summed E-state index contributed by atoms with van der Waals surface area (Å²) in [6.07, 6.45) is 1.82. The third-order valence-corrected chi connectivity index (χ3v) is 8.77. The first-order valence-electron chi connectivity index (χ1n) is 15.8. The summed E-state index contributed by atoms with van der Waals surface area (Å²) >= 11 is 6.13. The molecule has 0 aliphatic carbocycles. The van der Waals surface area contributed by atoms with Gasteiger partial charge in [0, 0.05) is 56.2 Å². The molecular formula is C33H41ClN6O7. The van der Waals surface area contributed by atoms with E-state index in [1.807, 2.05) is 29.6 Å². The monoisotopic (exact) mass is 668 g/mol. The Kier molecular flexibility index (Phi) is 12.6. The quantitative estimate of drug-likeness (QED) is 0.231. The number of carboxylic acid groups (broad SMARTS) is 1. The predicted molar refractivity (Wildman–Crippen MR) is 175 cm³/mol. The molecule has 2 aromatic rings. The second-order valence-corrected chi connectivity index (χ2v) is 12.2. The molecule has 0 bridgehead atoms. The van der Waals surface area contributed by atoms with Gasteiger partial charge in [0.25, 0.3) is 0 Å². The van der Waals surface area contributed by atoms with Crippen LogP contribution < -0.4 is 21.3 Å². The first-order chi connectivity index (χ1) is 22.5. The van der Waals surface area contributed by atoms with Crippen LogP contribution in [-0.4, -0.2) is 88.8 Å². The summed E-state index contributed by atoms with van der Waals surface area (Å²) < 4.78 is 0. The van der Waals surface area contributed by atoms with Crippen molar-refractivity contribution in [3.05, 3.63) is 64.2 Å². The molecule has 2 aliphatic rings. The van der Waals surface area contributed by atoms with E-state index >= 15 is 0 Å². The zero-order chi connectivity index (χ0) is 33.9. The molecule has 5 N–H and O–H groups in total. The van der Waals surface area contributed by atoms with Gasteiger partial charge in [0.2, 0.25) is 29.5 Å². The number of fused-ring (bicyclic) bond motifs is 1. The Balaban J connectivity index is 1.48. The number of nitrogens with zero attached hydrogens (tertiary/aromatic N) is 2. The minimum atomic E-state index is -1.35. The number of carbonyl (C=O) groups is 6. The van der Waals surface area contributed by atoms with Gasteiger partial charge in [-0.05, 0) is 67.5 Å². The third-order valence-electron chi connectivity index (χ3n) is 8.35. The van der Waals surface area contributed by atoms with Crippen LogP contribution in [0.2, 0.25) is 5.02 Å². The van der Waals surface area contributed by atoms with Crippen molar-refractivity contribution in [2.45, 2.75) is 70.5 Å². The maximum absolute atomic E-state index is 13.9. The number of rotatable bonds is 12. The lowest BCUT2D eigenvalue weighted by molar-refractivity contribution is -0.144. The Morgan fingerprint density at radius 2 is 1.64 bits per heavy atom. The molecule has 1 saturated heterocycles. The third kappa shape index (κ3) is 10.2. The van der Waals surface area contributed by atoms with Gasteiger partial charge >= 0.3 is 6.09 Å².